The van der Waals surface area contributed by atoms with Gasteiger partial charge in [0.2, 0.25) is 0 Å². The Bertz CT molecular complexity index is 471. The Balaban J connectivity index is 6.40. The molecule has 15 heteroatoms. The van der Waals surface area contributed by atoms with Crippen LogP contribution in [0, 0.1) is 6.42 Å². The molecule has 0 nitrogen and oxygen atoms in total. The van der Waals surface area contributed by atoms with Crippen LogP contribution in [0.15, 0.2) is 0 Å². The molecular formula is C10H6F15. The fourth-order valence-corrected chi connectivity index (χ4v) is 1.38. The summed E-state index contributed by atoms with van der Waals surface area (Å²) in [4.78, 5) is 0. The molecule has 151 valence electrons. The van der Waals surface area contributed by atoms with Crippen LogP contribution in [0.25, 0.3) is 0 Å². The second-order valence-corrected chi connectivity index (χ2v) is 4.69. The van der Waals surface area contributed by atoms with Gasteiger partial charge in [-0.15, -0.1) is 0 Å². The second-order valence-electron chi connectivity index (χ2n) is 4.69. The standard InChI is InChI=1S/C10H6F15/c1-2-3-4(11,12)5(13,14)6(15,16)7(17,18)8(19,20)9(21,22)10(23,24)25/h2H,3H2,1H3. The monoisotopic (exact) mass is 411 g/mol. The Kier molecular flexibility index (Phi) is 5.74. The first kappa shape index (κ1) is 23.9. The fraction of sp³-hybridized carbons (Fsp3) is 0.900. The van der Waals surface area contributed by atoms with E-state index in [9.17, 15) is 65.9 Å². The Labute approximate surface area is 129 Å². The van der Waals surface area contributed by atoms with E-state index in [2.05, 4.69) is 0 Å². The molecule has 0 amide bonds. The van der Waals surface area contributed by atoms with Crippen molar-refractivity contribution in [2.24, 2.45) is 0 Å². The number of rotatable bonds is 7. The van der Waals surface area contributed by atoms with Crippen LogP contribution in [-0.2, 0) is 0 Å². The molecule has 0 spiro atoms. The van der Waals surface area contributed by atoms with E-state index in [1.54, 1.807) is 0 Å². The first-order valence-corrected chi connectivity index (χ1v) is 5.67. The van der Waals surface area contributed by atoms with Crippen LogP contribution in [0.2, 0.25) is 0 Å². The van der Waals surface area contributed by atoms with Crippen molar-refractivity contribution in [2.45, 2.75) is 55.1 Å². The molecule has 0 aromatic rings. The van der Waals surface area contributed by atoms with Crippen LogP contribution < -0.4 is 0 Å². The minimum atomic E-state index is -8.21. The predicted octanol–water partition coefficient (Wildman–Crippen LogP) is 5.97. The van der Waals surface area contributed by atoms with Crippen LogP contribution in [-0.4, -0.2) is 41.7 Å². The second kappa shape index (κ2) is 5.99. The van der Waals surface area contributed by atoms with E-state index in [1.165, 1.54) is 0 Å². The SMILES string of the molecule is C[CH]CC(F)(F)C(F)(F)C(F)(F)C(F)(F)C(F)(F)C(F)(F)C(F)(F)F. The third-order valence-corrected chi connectivity index (χ3v) is 2.85. The summed E-state index contributed by atoms with van der Waals surface area (Å²) >= 11 is 0. The zero-order valence-electron chi connectivity index (χ0n) is 11.5. The summed E-state index contributed by atoms with van der Waals surface area (Å²) in [6.07, 6.45) is -9.96. The summed E-state index contributed by atoms with van der Waals surface area (Å²) in [5, 5.41) is 0. The Morgan fingerprint density at radius 3 is 1.04 bits per heavy atom. The third kappa shape index (κ3) is 3.11. The molecule has 0 aliphatic heterocycles. The van der Waals surface area contributed by atoms with Gasteiger partial charge in [0.05, 0.1) is 0 Å². The van der Waals surface area contributed by atoms with E-state index < -0.39 is 48.1 Å². The first-order valence-electron chi connectivity index (χ1n) is 5.67. The molecule has 0 aromatic carbocycles. The minimum absolute atomic E-state index is 0.0184. The summed E-state index contributed by atoms with van der Waals surface area (Å²) in [7, 11) is 0. The number of halogens is 15. The zero-order chi connectivity index (χ0) is 20.9. The Morgan fingerprint density at radius 2 is 0.760 bits per heavy atom. The molecule has 0 atom stereocenters. The molecule has 0 bridgehead atoms. The largest absolute Gasteiger partial charge is 0.460 e. The third-order valence-electron chi connectivity index (χ3n) is 2.85. The van der Waals surface area contributed by atoms with Crippen molar-refractivity contribution in [2.75, 3.05) is 0 Å². The smallest absolute Gasteiger partial charge is 0.200 e. The topological polar surface area (TPSA) is 0 Å². The van der Waals surface area contributed by atoms with Crippen molar-refractivity contribution < 1.29 is 65.9 Å². The normalized spacial score (nSPS) is 16.3. The highest BCUT2D eigenvalue weighted by atomic mass is 19.4. The van der Waals surface area contributed by atoms with E-state index in [0.29, 0.717) is 6.92 Å². The van der Waals surface area contributed by atoms with E-state index >= 15 is 0 Å². The minimum Gasteiger partial charge on any atom is -0.200 e. The summed E-state index contributed by atoms with van der Waals surface area (Å²) in [5.41, 5.74) is 0. The molecule has 0 rings (SSSR count). The van der Waals surface area contributed by atoms with Gasteiger partial charge in [0, 0.05) is 6.42 Å². The van der Waals surface area contributed by atoms with Crippen molar-refractivity contribution in [1.82, 2.24) is 0 Å². The van der Waals surface area contributed by atoms with E-state index in [1.807, 2.05) is 0 Å². The van der Waals surface area contributed by atoms with Crippen molar-refractivity contribution in [3.8, 4) is 0 Å². The molecule has 0 aromatic heterocycles. The highest BCUT2D eigenvalue weighted by molar-refractivity contribution is 5.13. The van der Waals surface area contributed by atoms with Crippen LogP contribution >= 0.6 is 0 Å². The highest BCUT2D eigenvalue weighted by Crippen LogP contribution is 2.62. The van der Waals surface area contributed by atoms with Gasteiger partial charge in [0.1, 0.15) is 0 Å². The van der Waals surface area contributed by atoms with Gasteiger partial charge in [-0.05, 0) is 6.42 Å². The molecule has 0 fully saturated rings. The fourth-order valence-electron chi connectivity index (χ4n) is 1.38. The van der Waals surface area contributed by atoms with E-state index in [-0.39, 0.29) is 6.42 Å². The lowest BCUT2D eigenvalue weighted by atomic mass is 9.90. The molecule has 0 unspecified atom stereocenters. The van der Waals surface area contributed by atoms with Crippen molar-refractivity contribution in [3.05, 3.63) is 6.42 Å². The van der Waals surface area contributed by atoms with Gasteiger partial charge in [0.25, 0.3) is 0 Å². The number of hydrogen-bond donors (Lipinski definition) is 0. The average Bonchev–Trinajstić information content (AvgIpc) is 2.35. The highest BCUT2D eigenvalue weighted by Gasteiger charge is 2.93. The lowest BCUT2D eigenvalue weighted by Gasteiger charge is -2.41. The van der Waals surface area contributed by atoms with Crippen molar-refractivity contribution >= 4 is 0 Å². The first-order chi connectivity index (χ1) is 10.6. The Hall–Kier alpha value is -1.05. The molecule has 0 saturated heterocycles. The summed E-state index contributed by atoms with van der Waals surface area (Å²) in [5.74, 6) is -45.9. The van der Waals surface area contributed by atoms with Gasteiger partial charge in [-0.1, -0.05) is 6.92 Å². The molecule has 0 aliphatic rings. The van der Waals surface area contributed by atoms with Crippen LogP contribution in [0.4, 0.5) is 65.9 Å². The van der Waals surface area contributed by atoms with E-state index in [4.69, 9.17) is 0 Å². The van der Waals surface area contributed by atoms with Gasteiger partial charge >= 0.3 is 41.7 Å². The summed E-state index contributed by atoms with van der Waals surface area (Å²) in [6, 6.07) is 0. The lowest BCUT2D eigenvalue weighted by Crippen LogP contribution is -2.72. The molecule has 25 heavy (non-hydrogen) atoms. The van der Waals surface area contributed by atoms with Gasteiger partial charge in [-0.2, -0.15) is 65.9 Å². The molecule has 0 heterocycles. The maximum atomic E-state index is 13.0. The van der Waals surface area contributed by atoms with Gasteiger partial charge in [0.15, 0.2) is 0 Å². The quantitative estimate of drug-likeness (QED) is 0.453. The van der Waals surface area contributed by atoms with Crippen molar-refractivity contribution in [3.63, 3.8) is 0 Å². The molecule has 0 saturated carbocycles. The van der Waals surface area contributed by atoms with Crippen LogP contribution in [0.3, 0.4) is 0 Å². The maximum Gasteiger partial charge on any atom is 0.460 e. The molecule has 0 N–H and O–H groups in total. The van der Waals surface area contributed by atoms with Crippen LogP contribution in [0.5, 0.6) is 0 Å². The summed E-state index contributed by atoms with van der Waals surface area (Å²) in [6.45, 7) is 0.534. The summed E-state index contributed by atoms with van der Waals surface area (Å²) < 4.78 is 190. The molecule has 0 aliphatic carbocycles. The van der Waals surface area contributed by atoms with Gasteiger partial charge in [-0.25, -0.2) is 0 Å². The molecule has 1 radical (unpaired) electrons. The average molecular weight is 411 g/mol. The van der Waals surface area contributed by atoms with Gasteiger partial charge < -0.3 is 0 Å². The van der Waals surface area contributed by atoms with Crippen molar-refractivity contribution in [1.29, 1.82) is 0 Å². The van der Waals surface area contributed by atoms with Gasteiger partial charge in [-0.3, -0.25) is 0 Å². The zero-order valence-corrected chi connectivity index (χ0v) is 11.5. The number of hydrogen-bond acceptors (Lipinski definition) is 0. The molecular weight excluding hydrogens is 405 g/mol. The lowest BCUT2D eigenvalue weighted by molar-refractivity contribution is -0.452. The Morgan fingerprint density at radius 1 is 0.480 bits per heavy atom. The predicted molar refractivity (Wildman–Crippen MR) is 50.3 cm³/mol. The number of alkyl halides is 15. The maximum absolute atomic E-state index is 13.0. The van der Waals surface area contributed by atoms with Crippen LogP contribution in [0.1, 0.15) is 13.3 Å². The van der Waals surface area contributed by atoms with E-state index in [0.717, 1.165) is 0 Å².